The first-order chi connectivity index (χ1) is 4.95. The topological polar surface area (TPSA) is 83.8 Å². The SMILES string of the molecule is CC=CC(=O)OCP(=O)(O)O. The van der Waals surface area contributed by atoms with Crippen molar-refractivity contribution >= 4 is 13.6 Å². The van der Waals surface area contributed by atoms with Gasteiger partial charge in [-0.05, 0) is 6.92 Å². The summed E-state index contributed by atoms with van der Waals surface area (Å²) in [6, 6.07) is 0. The minimum absolute atomic E-state index is 0.754. The molecule has 64 valence electrons. The van der Waals surface area contributed by atoms with Crippen LogP contribution in [-0.2, 0) is 14.1 Å². The fourth-order valence-electron chi connectivity index (χ4n) is 0.332. The second-order valence-electron chi connectivity index (χ2n) is 1.76. The lowest BCUT2D eigenvalue weighted by Gasteiger charge is -2.02. The molecular weight excluding hydrogens is 171 g/mol. The van der Waals surface area contributed by atoms with Gasteiger partial charge in [0.15, 0.2) is 6.35 Å². The second-order valence-corrected chi connectivity index (χ2v) is 3.34. The third-order valence-corrected chi connectivity index (χ3v) is 1.14. The molecule has 0 amide bonds. The van der Waals surface area contributed by atoms with Crippen LogP contribution < -0.4 is 0 Å². The third kappa shape index (κ3) is 7.25. The maximum Gasteiger partial charge on any atom is 0.362 e. The molecule has 0 radical (unpaired) electrons. The van der Waals surface area contributed by atoms with Crippen LogP contribution in [0.3, 0.4) is 0 Å². The van der Waals surface area contributed by atoms with Crippen molar-refractivity contribution in [3.8, 4) is 0 Å². The van der Waals surface area contributed by atoms with Crippen molar-refractivity contribution in [3.63, 3.8) is 0 Å². The number of esters is 1. The molecule has 0 aromatic carbocycles. The molecule has 0 heterocycles. The molecule has 2 N–H and O–H groups in total. The number of carbonyl (C=O) groups is 1. The van der Waals surface area contributed by atoms with Crippen molar-refractivity contribution in [2.45, 2.75) is 6.92 Å². The fourth-order valence-corrected chi connectivity index (χ4v) is 0.627. The van der Waals surface area contributed by atoms with Gasteiger partial charge in [0.25, 0.3) is 0 Å². The summed E-state index contributed by atoms with van der Waals surface area (Å²) in [6.45, 7) is 1.60. The average Bonchev–Trinajstić information content (AvgIpc) is 1.83. The van der Waals surface area contributed by atoms with Crippen molar-refractivity contribution < 1.29 is 23.9 Å². The zero-order chi connectivity index (χ0) is 8.91. The Morgan fingerprint density at radius 2 is 2.18 bits per heavy atom. The van der Waals surface area contributed by atoms with Gasteiger partial charge in [0.1, 0.15) is 0 Å². The van der Waals surface area contributed by atoms with E-state index in [4.69, 9.17) is 9.79 Å². The number of rotatable bonds is 3. The molecule has 0 spiro atoms. The third-order valence-electron chi connectivity index (χ3n) is 0.678. The number of ether oxygens (including phenoxy) is 1. The minimum Gasteiger partial charge on any atom is -0.450 e. The van der Waals surface area contributed by atoms with Crippen molar-refractivity contribution in [3.05, 3.63) is 12.2 Å². The van der Waals surface area contributed by atoms with E-state index in [2.05, 4.69) is 4.74 Å². The Kier molecular flexibility index (Phi) is 4.03. The summed E-state index contributed by atoms with van der Waals surface area (Å²) >= 11 is 0. The van der Waals surface area contributed by atoms with Gasteiger partial charge >= 0.3 is 13.6 Å². The van der Waals surface area contributed by atoms with Crippen LogP contribution in [0.2, 0.25) is 0 Å². The molecule has 0 aliphatic rings. The Morgan fingerprint density at radius 1 is 1.64 bits per heavy atom. The molecule has 0 rings (SSSR count). The summed E-state index contributed by atoms with van der Waals surface area (Å²) in [6.07, 6.45) is 1.63. The Morgan fingerprint density at radius 3 is 2.55 bits per heavy atom. The van der Waals surface area contributed by atoms with Crippen LogP contribution in [0.15, 0.2) is 12.2 Å². The van der Waals surface area contributed by atoms with Gasteiger partial charge in [-0.1, -0.05) is 6.08 Å². The van der Waals surface area contributed by atoms with Gasteiger partial charge in [0, 0.05) is 6.08 Å². The largest absolute Gasteiger partial charge is 0.450 e. The van der Waals surface area contributed by atoms with Gasteiger partial charge < -0.3 is 14.5 Å². The molecule has 6 heteroatoms. The predicted octanol–water partition coefficient (Wildman–Crippen LogP) is 0.241. The lowest BCUT2D eigenvalue weighted by molar-refractivity contribution is -0.136. The van der Waals surface area contributed by atoms with Crippen LogP contribution in [0, 0.1) is 0 Å². The smallest absolute Gasteiger partial charge is 0.362 e. The molecule has 11 heavy (non-hydrogen) atoms. The zero-order valence-corrected chi connectivity index (χ0v) is 6.82. The first-order valence-electron chi connectivity index (χ1n) is 2.80. The minimum atomic E-state index is -4.22. The Hall–Kier alpha value is -0.640. The average molecular weight is 180 g/mol. The van der Waals surface area contributed by atoms with E-state index in [-0.39, 0.29) is 0 Å². The normalized spacial score (nSPS) is 11.9. The van der Waals surface area contributed by atoms with Crippen LogP contribution >= 0.6 is 7.60 Å². The molecule has 0 fully saturated rings. The lowest BCUT2D eigenvalue weighted by Crippen LogP contribution is -2.02. The second kappa shape index (κ2) is 4.28. The fraction of sp³-hybridized carbons (Fsp3) is 0.400. The van der Waals surface area contributed by atoms with E-state index in [1.165, 1.54) is 6.08 Å². The van der Waals surface area contributed by atoms with Crippen LogP contribution in [0.25, 0.3) is 0 Å². The van der Waals surface area contributed by atoms with E-state index in [0.29, 0.717) is 0 Å². The van der Waals surface area contributed by atoms with E-state index < -0.39 is 19.9 Å². The summed E-state index contributed by atoms with van der Waals surface area (Å²) < 4.78 is 14.3. The van der Waals surface area contributed by atoms with Crippen molar-refractivity contribution in [1.29, 1.82) is 0 Å². The molecule has 0 atom stereocenters. The van der Waals surface area contributed by atoms with Gasteiger partial charge in [-0.3, -0.25) is 4.57 Å². The van der Waals surface area contributed by atoms with Crippen LogP contribution in [0.4, 0.5) is 0 Å². The number of hydrogen-bond donors (Lipinski definition) is 2. The van der Waals surface area contributed by atoms with E-state index in [0.717, 1.165) is 6.08 Å². The highest BCUT2D eigenvalue weighted by molar-refractivity contribution is 7.51. The molecule has 0 saturated heterocycles. The molecule has 0 aromatic heterocycles. The van der Waals surface area contributed by atoms with Gasteiger partial charge in [-0.2, -0.15) is 0 Å². The molecule has 0 aliphatic heterocycles. The summed E-state index contributed by atoms with van der Waals surface area (Å²) in [5.74, 6) is -0.754. The molecule has 5 nitrogen and oxygen atoms in total. The Balaban J connectivity index is 3.72. The maximum atomic E-state index is 10.4. The monoisotopic (exact) mass is 180 g/mol. The first kappa shape index (κ1) is 10.4. The molecular formula is C5H9O5P. The summed E-state index contributed by atoms with van der Waals surface area (Å²) in [7, 11) is -4.22. The van der Waals surface area contributed by atoms with Gasteiger partial charge in [0.05, 0.1) is 0 Å². The Bertz CT molecular complexity index is 203. The predicted molar refractivity (Wildman–Crippen MR) is 37.8 cm³/mol. The number of hydrogen-bond acceptors (Lipinski definition) is 3. The van der Waals surface area contributed by atoms with Crippen LogP contribution in [-0.4, -0.2) is 22.1 Å². The lowest BCUT2D eigenvalue weighted by atomic mass is 10.5. The van der Waals surface area contributed by atoms with E-state index in [9.17, 15) is 9.36 Å². The van der Waals surface area contributed by atoms with Crippen molar-refractivity contribution in [2.24, 2.45) is 0 Å². The highest BCUT2D eigenvalue weighted by atomic mass is 31.2. The van der Waals surface area contributed by atoms with Crippen LogP contribution in [0.5, 0.6) is 0 Å². The first-order valence-corrected chi connectivity index (χ1v) is 4.59. The van der Waals surface area contributed by atoms with Gasteiger partial charge in [0.2, 0.25) is 0 Å². The molecule has 0 saturated carbocycles. The summed E-state index contributed by atoms with van der Waals surface area (Å²) in [4.78, 5) is 26.9. The maximum absolute atomic E-state index is 10.4. The van der Waals surface area contributed by atoms with Gasteiger partial charge in [-0.25, -0.2) is 4.79 Å². The quantitative estimate of drug-likeness (QED) is 0.369. The highest BCUT2D eigenvalue weighted by Crippen LogP contribution is 2.33. The van der Waals surface area contributed by atoms with Crippen molar-refractivity contribution in [1.82, 2.24) is 0 Å². The van der Waals surface area contributed by atoms with Crippen molar-refractivity contribution in [2.75, 3.05) is 6.35 Å². The molecule has 0 aromatic rings. The number of allylic oxidation sites excluding steroid dienone is 1. The molecule has 0 unspecified atom stereocenters. The molecule has 0 aliphatic carbocycles. The molecule has 0 bridgehead atoms. The van der Waals surface area contributed by atoms with E-state index in [1.54, 1.807) is 6.92 Å². The van der Waals surface area contributed by atoms with Gasteiger partial charge in [-0.15, -0.1) is 0 Å². The van der Waals surface area contributed by atoms with E-state index >= 15 is 0 Å². The highest BCUT2D eigenvalue weighted by Gasteiger charge is 2.14. The Labute approximate surface area is 63.8 Å². The standard InChI is InChI=1S/C5H9O5P/c1-2-3-5(6)10-4-11(7,8)9/h2-3H,4H2,1H3,(H2,7,8,9). The summed E-state index contributed by atoms with van der Waals surface area (Å²) in [5.41, 5.74) is 0. The number of carbonyl (C=O) groups excluding carboxylic acids is 1. The van der Waals surface area contributed by atoms with Crippen LogP contribution in [0.1, 0.15) is 6.92 Å². The summed E-state index contributed by atoms with van der Waals surface area (Å²) in [5, 5.41) is 0. The van der Waals surface area contributed by atoms with E-state index in [1.807, 2.05) is 0 Å². The zero-order valence-electron chi connectivity index (χ0n) is 5.93.